The van der Waals surface area contributed by atoms with Gasteiger partial charge in [-0.15, -0.1) is 22.7 Å². The number of allylic oxidation sites excluding steroid dienone is 3. The molecule has 0 saturated carbocycles. The van der Waals surface area contributed by atoms with Crippen molar-refractivity contribution in [2.24, 2.45) is 4.99 Å². The molecule has 3 aliphatic rings. The fourth-order valence-corrected chi connectivity index (χ4v) is 10.2. The largest absolute Gasteiger partial charge is 0.370 e. The molecular weight excluding hydrogens is 563 g/mol. The summed E-state index contributed by atoms with van der Waals surface area (Å²) in [6.45, 7) is 0. The van der Waals surface area contributed by atoms with Gasteiger partial charge in [0.25, 0.3) is 0 Å². The summed E-state index contributed by atoms with van der Waals surface area (Å²) in [4.78, 5) is 6.77. The summed E-state index contributed by atoms with van der Waals surface area (Å²) >= 11 is 3.85. The van der Waals surface area contributed by atoms with E-state index in [1.54, 1.807) is 0 Å². The number of aromatic nitrogens is 1. The van der Waals surface area contributed by atoms with Crippen LogP contribution in [-0.4, -0.2) is 16.2 Å². The van der Waals surface area contributed by atoms with Gasteiger partial charge < -0.3 is 5.32 Å². The fourth-order valence-electron chi connectivity index (χ4n) is 7.76. The molecule has 5 heteroatoms. The molecule has 0 radical (unpaired) electrons. The Morgan fingerprint density at radius 1 is 0.744 bits per heavy atom. The van der Waals surface area contributed by atoms with Crippen molar-refractivity contribution in [3.8, 4) is 0 Å². The van der Waals surface area contributed by atoms with Crippen LogP contribution in [0.4, 0.5) is 11.5 Å². The molecule has 8 aromatic rings. The van der Waals surface area contributed by atoms with Gasteiger partial charge in [0.05, 0.1) is 28.5 Å². The minimum absolute atomic E-state index is 0.108. The zero-order chi connectivity index (χ0) is 27.8. The Balaban J connectivity index is 1.21. The Morgan fingerprint density at radius 2 is 1.60 bits per heavy atom. The van der Waals surface area contributed by atoms with E-state index in [1.807, 2.05) is 22.7 Å². The molecule has 1 N–H and O–H groups in total. The number of fused-ring (bicyclic) bond motifs is 14. The van der Waals surface area contributed by atoms with E-state index in [0.29, 0.717) is 5.92 Å². The number of aliphatic imine (C=N–C) groups is 1. The molecule has 2 atom stereocenters. The predicted molar refractivity (Wildman–Crippen MR) is 187 cm³/mol. The molecule has 202 valence electrons. The molecule has 2 aliphatic carbocycles. The molecule has 11 rings (SSSR count). The van der Waals surface area contributed by atoms with E-state index >= 15 is 0 Å². The Bertz CT molecular complexity index is 2640. The van der Waals surface area contributed by atoms with E-state index in [9.17, 15) is 0 Å². The zero-order valence-corrected chi connectivity index (χ0v) is 24.6. The molecule has 2 unspecified atom stereocenters. The van der Waals surface area contributed by atoms with Gasteiger partial charge in [0.15, 0.2) is 5.82 Å². The Labute approximate surface area is 254 Å². The fraction of sp³-hybridized carbons (Fsp3) is 0.0789. The SMILES string of the molecule is C1=CC2=Nc3c(c4cc5sc6ccccc6c5c5c6cc(C7C=Cc8c(sc9ccccc89)C7)ccc6n3c45)NC2C=C1. The average molecular weight is 586 g/mol. The molecule has 0 saturated heterocycles. The Morgan fingerprint density at radius 3 is 2.53 bits per heavy atom. The first-order valence-electron chi connectivity index (χ1n) is 14.9. The van der Waals surface area contributed by atoms with Gasteiger partial charge in [0.2, 0.25) is 0 Å². The number of hydrogen-bond acceptors (Lipinski definition) is 4. The third-order valence-electron chi connectivity index (χ3n) is 9.67. The highest BCUT2D eigenvalue weighted by Crippen LogP contribution is 2.52. The molecular formula is C38H23N3S2. The van der Waals surface area contributed by atoms with E-state index < -0.39 is 0 Å². The van der Waals surface area contributed by atoms with Gasteiger partial charge in [0, 0.05) is 51.8 Å². The number of hydrogen-bond donors (Lipinski definition) is 1. The Hall–Kier alpha value is -4.71. The minimum atomic E-state index is 0.108. The quantitative estimate of drug-likeness (QED) is 0.204. The molecule has 1 aliphatic heterocycles. The summed E-state index contributed by atoms with van der Waals surface area (Å²) in [6.07, 6.45) is 14.4. The van der Waals surface area contributed by atoms with Crippen LogP contribution in [0.2, 0.25) is 0 Å². The van der Waals surface area contributed by atoms with Crippen molar-refractivity contribution in [1.82, 2.24) is 4.40 Å². The van der Waals surface area contributed by atoms with Crippen LogP contribution in [0.5, 0.6) is 0 Å². The number of anilines is 1. The monoisotopic (exact) mass is 585 g/mol. The highest BCUT2D eigenvalue weighted by Gasteiger charge is 2.30. The van der Waals surface area contributed by atoms with Gasteiger partial charge in [-0.25, -0.2) is 4.99 Å². The van der Waals surface area contributed by atoms with Crippen molar-refractivity contribution < 1.29 is 0 Å². The van der Waals surface area contributed by atoms with Gasteiger partial charge in [0.1, 0.15) is 0 Å². The van der Waals surface area contributed by atoms with Crippen molar-refractivity contribution in [3.63, 3.8) is 0 Å². The van der Waals surface area contributed by atoms with Gasteiger partial charge >= 0.3 is 0 Å². The number of nitrogens with one attached hydrogen (secondary N) is 1. The molecule has 4 aromatic carbocycles. The molecule has 43 heavy (non-hydrogen) atoms. The highest BCUT2D eigenvalue weighted by atomic mass is 32.1. The third kappa shape index (κ3) is 2.91. The topological polar surface area (TPSA) is 28.8 Å². The van der Waals surface area contributed by atoms with Crippen molar-refractivity contribution >= 4 is 103 Å². The molecule has 5 heterocycles. The molecule has 0 bridgehead atoms. The summed E-state index contributed by atoms with van der Waals surface area (Å²) in [5.41, 5.74) is 7.52. The van der Waals surface area contributed by atoms with Gasteiger partial charge in [-0.05, 0) is 59.3 Å². The normalized spacial score (nSPS) is 19.1. The maximum absolute atomic E-state index is 5.28. The molecule has 0 spiro atoms. The zero-order valence-electron chi connectivity index (χ0n) is 23.0. The summed E-state index contributed by atoms with van der Waals surface area (Å²) < 4.78 is 6.49. The standard InChI is InChI=1S/C38H23N3S2/c1-5-11-30-22(7-1)23-15-13-21(18-32(23)42-30)20-14-16-29-25(17-20)35-34-24-8-2-6-12-31(24)43-33(34)19-26-36-38(41(29)37(26)35)40-28-10-4-3-9-27(28)39-36/h1-17,19,21,27,39H,18H2. The summed E-state index contributed by atoms with van der Waals surface area (Å²) in [5, 5.41) is 11.9. The van der Waals surface area contributed by atoms with Crippen LogP contribution < -0.4 is 5.32 Å². The number of benzene rings is 4. The number of nitrogens with zero attached hydrogens (tertiary/aromatic N) is 2. The van der Waals surface area contributed by atoms with E-state index in [2.05, 4.69) is 119 Å². The van der Waals surface area contributed by atoms with Crippen molar-refractivity contribution in [3.05, 3.63) is 119 Å². The van der Waals surface area contributed by atoms with Crippen LogP contribution in [0.1, 0.15) is 21.9 Å². The lowest BCUT2D eigenvalue weighted by atomic mass is 9.88. The Kier molecular flexibility index (Phi) is 4.25. The molecule has 3 nitrogen and oxygen atoms in total. The summed E-state index contributed by atoms with van der Waals surface area (Å²) in [7, 11) is 0. The first kappa shape index (κ1) is 22.8. The smallest absolute Gasteiger partial charge is 0.162 e. The first-order chi connectivity index (χ1) is 21.3. The number of rotatable bonds is 1. The second-order valence-electron chi connectivity index (χ2n) is 11.9. The molecule has 0 fully saturated rings. The van der Waals surface area contributed by atoms with Gasteiger partial charge in [-0.3, -0.25) is 4.40 Å². The van der Waals surface area contributed by atoms with Crippen LogP contribution in [0.25, 0.3) is 63.5 Å². The molecule has 0 amide bonds. The van der Waals surface area contributed by atoms with Gasteiger partial charge in [-0.2, -0.15) is 0 Å². The second kappa shape index (κ2) is 8.01. The minimum Gasteiger partial charge on any atom is -0.370 e. The lowest BCUT2D eigenvalue weighted by Crippen LogP contribution is -2.29. The van der Waals surface area contributed by atoms with E-state index in [1.165, 1.54) is 73.5 Å². The van der Waals surface area contributed by atoms with Crippen molar-refractivity contribution in [2.45, 2.75) is 18.4 Å². The second-order valence-corrected chi connectivity index (χ2v) is 14.2. The number of thiophene rings is 2. The van der Waals surface area contributed by atoms with Crippen LogP contribution in [0.3, 0.4) is 0 Å². The van der Waals surface area contributed by atoms with E-state index in [4.69, 9.17) is 4.99 Å². The lowest BCUT2D eigenvalue weighted by molar-refractivity contribution is 0.844. The van der Waals surface area contributed by atoms with E-state index in [-0.39, 0.29) is 6.04 Å². The molecule has 4 aromatic heterocycles. The van der Waals surface area contributed by atoms with Crippen LogP contribution in [0.15, 0.2) is 108 Å². The van der Waals surface area contributed by atoms with Crippen molar-refractivity contribution in [2.75, 3.05) is 5.32 Å². The average Bonchev–Trinajstić information content (AvgIpc) is 3.78. The maximum atomic E-state index is 5.28. The van der Waals surface area contributed by atoms with E-state index in [0.717, 1.165) is 23.6 Å². The third-order valence-corrected chi connectivity index (χ3v) is 12.0. The van der Waals surface area contributed by atoms with Crippen LogP contribution >= 0.6 is 22.7 Å². The highest BCUT2D eigenvalue weighted by molar-refractivity contribution is 7.26. The lowest BCUT2D eigenvalue weighted by Gasteiger charge is -2.23. The van der Waals surface area contributed by atoms with Crippen molar-refractivity contribution in [1.29, 1.82) is 0 Å². The summed E-state index contributed by atoms with van der Waals surface area (Å²) in [6, 6.07) is 27.4. The van der Waals surface area contributed by atoms with Crippen LogP contribution in [0, 0.1) is 0 Å². The first-order valence-corrected chi connectivity index (χ1v) is 16.5. The maximum Gasteiger partial charge on any atom is 0.162 e. The predicted octanol–water partition coefficient (Wildman–Crippen LogP) is 10.6. The van der Waals surface area contributed by atoms with Gasteiger partial charge in [-0.1, -0.05) is 72.8 Å². The summed E-state index contributed by atoms with van der Waals surface area (Å²) in [5.74, 6) is 1.37. The van der Waals surface area contributed by atoms with Crippen LogP contribution in [-0.2, 0) is 6.42 Å².